The Bertz CT molecular complexity index is 1320. The number of nitrogens with one attached hydrogen (secondary N) is 1. The number of nitrogen functional groups attached to an aromatic ring is 1. The van der Waals surface area contributed by atoms with E-state index < -0.39 is 0 Å². The Balaban J connectivity index is 0.000000405. The summed E-state index contributed by atoms with van der Waals surface area (Å²) in [5.74, 6) is 2.14. The van der Waals surface area contributed by atoms with Crippen LogP contribution >= 0.6 is 0 Å². The fraction of sp³-hybridized carbons (Fsp3) is 0.345. The van der Waals surface area contributed by atoms with Crippen LogP contribution in [0.3, 0.4) is 0 Å². The van der Waals surface area contributed by atoms with Crippen LogP contribution in [0, 0.1) is 6.92 Å². The predicted molar refractivity (Wildman–Crippen MR) is 147 cm³/mol. The Kier molecular flexibility index (Phi) is 8.08. The van der Waals surface area contributed by atoms with Gasteiger partial charge in [0.1, 0.15) is 34.9 Å². The van der Waals surface area contributed by atoms with Crippen molar-refractivity contribution in [1.29, 1.82) is 0 Å². The van der Waals surface area contributed by atoms with Crippen molar-refractivity contribution in [3.05, 3.63) is 66.6 Å². The second-order valence-electron chi connectivity index (χ2n) is 10.1. The summed E-state index contributed by atoms with van der Waals surface area (Å²) in [6.07, 6.45) is 3.85. The minimum atomic E-state index is -0.318. The zero-order valence-electron chi connectivity index (χ0n) is 21.9. The first-order chi connectivity index (χ1) is 17.8. The van der Waals surface area contributed by atoms with Gasteiger partial charge in [-0.15, -0.1) is 0 Å². The van der Waals surface area contributed by atoms with Crippen LogP contribution in [0.5, 0.6) is 11.5 Å². The van der Waals surface area contributed by atoms with Crippen molar-refractivity contribution >= 4 is 23.3 Å². The van der Waals surface area contributed by atoms with E-state index in [1.807, 2.05) is 63.2 Å². The van der Waals surface area contributed by atoms with Crippen LogP contribution < -0.4 is 15.8 Å². The number of piperidine rings is 1. The van der Waals surface area contributed by atoms with Gasteiger partial charge in [-0.05, 0) is 76.9 Å². The minimum Gasteiger partial charge on any atom is -0.462 e. The van der Waals surface area contributed by atoms with Crippen LogP contribution in [0.15, 0.2) is 60.9 Å². The number of hydrogen-bond acceptors (Lipinski definition) is 7. The van der Waals surface area contributed by atoms with Gasteiger partial charge in [0, 0.05) is 23.8 Å². The van der Waals surface area contributed by atoms with Crippen molar-refractivity contribution in [3.63, 3.8) is 0 Å². The van der Waals surface area contributed by atoms with Crippen molar-refractivity contribution in [2.75, 3.05) is 18.8 Å². The van der Waals surface area contributed by atoms with E-state index in [4.69, 9.17) is 10.5 Å². The van der Waals surface area contributed by atoms with Gasteiger partial charge < -0.3 is 25.1 Å². The van der Waals surface area contributed by atoms with Crippen molar-refractivity contribution in [3.8, 4) is 22.6 Å². The maximum absolute atomic E-state index is 9.60. The van der Waals surface area contributed by atoms with Gasteiger partial charge in [-0.3, -0.25) is 4.79 Å². The summed E-state index contributed by atoms with van der Waals surface area (Å²) in [4.78, 5) is 18.5. The average Bonchev–Trinajstić information content (AvgIpc) is 3.18. The Labute approximate surface area is 217 Å². The molecule has 1 fully saturated rings. The lowest BCUT2D eigenvalue weighted by molar-refractivity contribution is -0.138. The molecule has 4 aromatic rings. The molecule has 3 N–H and O–H groups in total. The summed E-state index contributed by atoms with van der Waals surface area (Å²) in [5.41, 5.74) is 10.3. The molecular formula is C29H35N5O3. The molecule has 1 atom stereocenters. The maximum Gasteiger partial charge on any atom is 0.293 e. The first-order valence-electron chi connectivity index (χ1n) is 12.5. The number of carbonyl (C=O) groups is 1. The lowest BCUT2D eigenvalue weighted by atomic mass is 10.0. The molecule has 0 saturated carbocycles. The Morgan fingerprint density at radius 2 is 1.76 bits per heavy atom. The Hall–Kier alpha value is -3.91. The quantitative estimate of drug-likeness (QED) is 0.340. The summed E-state index contributed by atoms with van der Waals surface area (Å²) in [5, 5.41) is 4.44. The molecule has 37 heavy (non-hydrogen) atoms. The molecule has 0 unspecified atom stereocenters. The van der Waals surface area contributed by atoms with Gasteiger partial charge in [0.05, 0.1) is 5.39 Å². The number of para-hydroxylation sites is 1. The number of nitrogens with two attached hydrogens (primary N) is 1. The van der Waals surface area contributed by atoms with Crippen molar-refractivity contribution in [1.82, 2.24) is 19.9 Å². The highest BCUT2D eigenvalue weighted by Gasteiger charge is 2.25. The van der Waals surface area contributed by atoms with Crippen molar-refractivity contribution < 1.29 is 14.3 Å². The number of fused-ring (bicyclic) bond motifs is 1. The van der Waals surface area contributed by atoms with Gasteiger partial charge in [0.25, 0.3) is 6.47 Å². The third-order valence-electron chi connectivity index (χ3n) is 6.22. The third-order valence-corrected chi connectivity index (χ3v) is 6.22. The number of ether oxygens (including phenoxy) is 2. The van der Waals surface area contributed by atoms with E-state index in [2.05, 4.69) is 43.6 Å². The molecule has 1 saturated heterocycles. The van der Waals surface area contributed by atoms with Crippen LogP contribution in [-0.4, -0.2) is 39.7 Å². The number of nitrogens with zero attached hydrogens (tertiary/aromatic N) is 3. The summed E-state index contributed by atoms with van der Waals surface area (Å²) < 4.78 is 12.8. The molecule has 2 aromatic heterocycles. The van der Waals surface area contributed by atoms with Crippen molar-refractivity contribution in [2.45, 2.75) is 52.2 Å². The first-order valence-corrected chi connectivity index (χ1v) is 12.5. The molecule has 1 aliphatic heterocycles. The number of benzene rings is 2. The van der Waals surface area contributed by atoms with Gasteiger partial charge >= 0.3 is 0 Å². The largest absolute Gasteiger partial charge is 0.462 e. The van der Waals surface area contributed by atoms with Gasteiger partial charge in [-0.2, -0.15) is 0 Å². The van der Waals surface area contributed by atoms with Crippen LogP contribution in [0.4, 0.5) is 5.82 Å². The smallest absolute Gasteiger partial charge is 0.293 e. The highest BCUT2D eigenvalue weighted by molar-refractivity contribution is 6.02. The lowest BCUT2D eigenvalue weighted by Crippen LogP contribution is -2.32. The maximum atomic E-state index is 9.60. The highest BCUT2D eigenvalue weighted by Crippen LogP contribution is 2.39. The molecule has 8 nitrogen and oxygen atoms in total. The van der Waals surface area contributed by atoms with E-state index in [-0.39, 0.29) is 5.60 Å². The predicted octanol–water partition coefficient (Wildman–Crippen LogP) is 5.66. The number of anilines is 1. The molecule has 0 aliphatic carbocycles. The van der Waals surface area contributed by atoms with Gasteiger partial charge in [0.2, 0.25) is 0 Å². The lowest BCUT2D eigenvalue weighted by Gasteiger charge is -2.26. The molecule has 194 valence electrons. The molecule has 0 amide bonds. The molecular weight excluding hydrogens is 466 g/mol. The molecule has 5 rings (SSSR count). The van der Waals surface area contributed by atoms with E-state index in [1.54, 1.807) is 6.33 Å². The molecule has 0 radical (unpaired) electrons. The van der Waals surface area contributed by atoms with Crippen LogP contribution in [0.2, 0.25) is 0 Å². The number of rotatable bonds is 5. The van der Waals surface area contributed by atoms with Crippen LogP contribution in [-0.2, 0) is 9.53 Å². The fourth-order valence-corrected chi connectivity index (χ4v) is 4.58. The second-order valence-corrected chi connectivity index (χ2v) is 10.1. The summed E-state index contributed by atoms with van der Waals surface area (Å²) >= 11 is 0. The Morgan fingerprint density at radius 1 is 1.05 bits per heavy atom. The van der Waals surface area contributed by atoms with E-state index in [9.17, 15) is 4.79 Å². The minimum absolute atomic E-state index is 0.318. The number of carbonyl (C=O) groups excluding carboxylic acids is 1. The van der Waals surface area contributed by atoms with Crippen LogP contribution in [0.25, 0.3) is 22.2 Å². The van der Waals surface area contributed by atoms with E-state index >= 15 is 0 Å². The second kappa shape index (κ2) is 11.4. The zero-order chi connectivity index (χ0) is 26.4. The zero-order valence-corrected chi connectivity index (χ0v) is 21.9. The van der Waals surface area contributed by atoms with Crippen molar-refractivity contribution in [2.24, 2.45) is 0 Å². The standard InChI is InChI=1S/C24H25N5O.C5H10O2/c1-16-21(17-9-11-20(12-10-17)30-19-7-3-2-4-8-19)22-23(25)27-15-28-24(22)29(16)18-6-5-13-26-14-18;1-5(2,3)7-4-6/h2-4,7-12,15,18,26H,5-6,13-14H2,1H3,(H2,25,27,28);4H,1-3H3/t18-;/m1./s1. The van der Waals surface area contributed by atoms with Gasteiger partial charge in [-0.25, -0.2) is 9.97 Å². The van der Waals surface area contributed by atoms with E-state index in [0.717, 1.165) is 59.6 Å². The monoisotopic (exact) mass is 501 g/mol. The highest BCUT2D eigenvalue weighted by atomic mass is 16.5. The normalized spacial score (nSPS) is 15.5. The van der Waals surface area contributed by atoms with Crippen LogP contribution in [0.1, 0.15) is 45.3 Å². The third kappa shape index (κ3) is 6.27. The summed E-state index contributed by atoms with van der Waals surface area (Å²) in [7, 11) is 0. The Morgan fingerprint density at radius 3 is 2.35 bits per heavy atom. The van der Waals surface area contributed by atoms with E-state index in [0.29, 0.717) is 18.3 Å². The number of aromatic nitrogens is 3. The van der Waals surface area contributed by atoms with Gasteiger partial charge in [0.15, 0.2) is 0 Å². The fourth-order valence-electron chi connectivity index (χ4n) is 4.58. The molecule has 1 aliphatic rings. The molecule has 0 spiro atoms. The van der Waals surface area contributed by atoms with Gasteiger partial charge in [-0.1, -0.05) is 30.3 Å². The average molecular weight is 502 g/mol. The molecule has 0 bridgehead atoms. The summed E-state index contributed by atoms with van der Waals surface area (Å²) in [6.45, 7) is 10.1. The first kappa shape index (κ1) is 26.2. The molecule has 3 heterocycles. The molecule has 8 heteroatoms. The number of hydrogen-bond donors (Lipinski definition) is 2. The topological polar surface area (TPSA) is 104 Å². The summed E-state index contributed by atoms with van der Waals surface area (Å²) in [6, 6.07) is 18.3. The molecule has 2 aromatic carbocycles. The SMILES string of the molecule is CC(C)(C)OC=O.Cc1c(-c2ccc(Oc3ccccc3)cc2)c2c(N)ncnc2n1[C@@H]1CCCNC1. The van der Waals surface area contributed by atoms with E-state index in [1.165, 1.54) is 5.69 Å².